The molecule has 25 heavy (non-hydrogen) atoms. The fourth-order valence-corrected chi connectivity index (χ4v) is 2.51. The Morgan fingerprint density at radius 3 is 2.64 bits per heavy atom. The summed E-state index contributed by atoms with van der Waals surface area (Å²) in [5.41, 5.74) is 1.77. The van der Waals surface area contributed by atoms with Crippen LogP contribution in [0.2, 0.25) is 0 Å². The lowest BCUT2D eigenvalue weighted by atomic mass is 10.2. The highest BCUT2D eigenvalue weighted by Crippen LogP contribution is 2.24. The summed E-state index contributed by atoms with van der Waals surface area (Å²) in [5, 5.41) is 8.85. The first-order chi connectivity index (χ1) is 12.0. The third kappa shape index (κ3) is 3.08. The number of alkyl halides is 3. The first-order valence-electron chi connectivity index (χ1n) is 7.34. The van der Waals surface area contributed by atoms with Crippen LogP contribution in [0.15, 0.2) is 55.2 Å². The number of halogens is 3. The Hall–Kier alpha value is -3.23. The van der Waals surface area contributed by atoms with E-state index in [9.17, 15) is 13.2 Å². The lowest BCUT2D eigenvalue weighted by Crippen LogP contribution is -2.17. The van der Waals surface area contributed by atoms with Gasteiger partial charge in [-0.05, 0) is 18.2 Å². The maximum absolute atomic E-state index is 12.5. The molecule has 0 unspecified atom stereocenters. The Balaban J connectivity index is 1.74. The van der Waals surface area contributed by atoms with Crippen LogP contribution in [0.5, 0.6) is 0 Å². The zero-order chi connectivity index (χ0) is 17.4. The normalized spacial score (nSPS) is 12.0. The third-order valence-electron chi connectivity index (χ3n) is 3.59. The van der Waals surface area contributed by atoms with Crippen molar-refractivity contribution in [1.82, 2.24) is 29.5 Å². The van der Waals surface area contributed by atoms with Gasteiger partial charge in [0.2, 0.25) is 0 Å². The van der Waals surface area contributed by atoms with Crippen LogP contribution in [0.4, 0.5) is 13.2 Å². The molecule has 0 aliphatic carbocycles. The van der Waals surface area contributed by atoms with Crippen molar-refractivity contribution in [2.75, 3.05) is 0 Å². The summed E-state index contributed by atoms with van der Waals surface area (Å²) >= 11 is 0. The maximum Gasteiger partial charge on any atom is 0.408 e. The van der Waals surface area contributed by atoms with Crippen molar-refractivity contribution >= 4 is 10.9 Å². The van der Waals surface area contributed by atoms with Gasteiger partial charge in [0.25, 0.3) is 0 Å². The summed E-state index contributed by atoms with van der Waals surface area (Å²) in [6, 6.07) is 7.22. The molecule has 0 aliphatic rings. The lowest BCUT2D eigenvalue weighted by Gasteiger charge is -2.05. The van der Waals surface area contributed by atoms with Crippen LogP contribution in [0.25, 0.3) is 28.0 Å². The predicted octanol–water partition coefficient (Wildman–Crippen LogP) is 3.24. The number of rotatable bonds is 3. The molecule has 6 nitrogen and oxygen atoms in total. The van der Waals surface area contributed by atoms with E-state index in [1.165, 1.54) is 12.4 Å². The minimum Gasteiger partial charge on any atom is -0.263 e. The molecule has 0 N–H and O–H groups in total. The van der Waals surface area contributed by atoms with Crippen molar-refractivity contribution in [3.05, 3.63) is 55.2 Å². The summed E-state index contributed by atoms with van der Waals surface area (Å²) in [7, 11) is 0. The maximum atomic E-state index is 12.5. The smallest absolute Gasteiger partial charge is 0.263 e. The minimum atomic E-state index is -4.32. The van der Waals surface area contributed by atoms with Gasteiger partial charge in [-0.2, -0.15) is 23.4 Å². The van der Waals surface area contributed by atoms with E-state index in [4.69, 9.17) is 0 Å². The molecule has 0 saturated carbocycles. The van der Waals surface area contributed by atoms with Gasteiger partial charge in [-0.15, -0.1) is 0 Å². The molecule has 0 spiro atoms. The third-order valence-corrected chi connectivity index (χ3v) is 3.59. The van der Waals surface area contributed by atoms with Gasteiger partial charge in [0.05, 0.1) is 23.6 Å². The molecule has 0 saturated heterocycles. The molecule has 0 amide bonds. The number of nitrogens with zero attached hydrogens (tertiary/aromatic N) is 6. The Morgan fingerprint density at radius 1 is 1.00 bits per heavy atom. The second-order valence-corrected chi connectivity index (χ2v) is 5.41. The topological polar surface area (TPSA) is 61.4 Å². The van der Waals surface area contributed by atoms with Gasteiger partial charge in [0.1, 0.15) is 6.54 Å². The second kappa shape index (κ2) is 5.69. The van der Waals surface area contributed by atoms with E-state index < -0.39 is 12.7 Å². The van der Waals surface area contributed by atoms with E-state index in [2.05, 4.69) is 20.2 Å². The van der Waals surface area contributed by atoms with E-state index in [0.29, 0.717) is 17.1 Å². The molecule has 4 rings (SSSR count). The summed E-state index contributed by atoms with van der Waals surface area (Å²) in [6.45, 7) is -1.14. The molecular formula is C16H11F3N6. The second-order valence-electron chi connectivity index (χ2n) is 5.41. The van der Waals surface area contributed by atoms with Gasteiger partial charge < -0.3 is 0 Å². The summed E-state index contributed by atoms with van der Waals surface area (Å²) in [4.78, 5) is 8.54. The van der Waals surface area contributed by atoms with E-state index in [1.807, 2.05) is 12.1 Å². The fraction of sp³-hybridized carbons (Fsp3) is 0.125. The van der Waals surface area contributed by atoms with Crippen LogP contribution in [0, 0.1) is 0 Å². The molecule has 0 aliphatic heterocycles. The van der Waals surface area contributed by atoms with Gasteiger partial charge in [-0.1, -0.05) is 6.07 Å². The van der Waals surface area contributed by atoms with Crippen LogP contribution in [-0.4, -0.2) is 35.7 Å². The highest BCUT2D eigenvalue weighted by Gasteiger charge is 2.28. The molecule has 4 aromatic heterocycles. The van der Waals surface area contributed by atoms with E-state index in [0.717, 1.165) is 15.6 Å². The number of hydrogen-bond donors (Lipinski definition) is 0. The van der Waals surface area contributed by atoms with Gasteiger partial charge in [0, 0.05) is 29.5 Å². The number of hydrogen-bond acceptors (Lipinski definition) is 4. The number of pyridine rings is 2. The van der Waals surface area contributed by atoms with Gasteiger partial charge in [0.15, 0.2) is 5.82 Å². The Kier molecular flexibility index (Phi) is 3.48. The van der Waals surface area contributed by atoms with Gasteiger partial charge in [-0.25, -0.2) is 9.67 Å². The minimum absolute atomic E-state index is 0.500. The van der Waals surface area contributed by atoms with Crippen molar-refractivity contribution < 1.29 is 13.2 Å². The zero-order valence-corrected chi connectivity index (χ0v) is 12.7. The predicted molar refractivity (Wildman–Crippen MR) is 83.9 cm³/mol. The van der Waals surface area contributed by atoms with Crippen molar-refractivity contribution in [2.24, 2.45) is 0 Å². The molecule has 126 valence electrons. The van der Waals surface area contributed by atoms with Crippen LogP contribution < -0.4 is 0 Å². The van der Waals surface area contributed by atoms with Crippen LogP contribution in [-0.2, 0) is 6.54 Å². The Morgan fingerprint density at radius 2 is 1.88 bits per heavy atom. The zero-order valence-electron chi connectivity index (χ0n) is 12.7. The average molecular weight is 344 g/mol. The quantitative estimate of drug-likeness (QED) is 0.572. The SMILES string of the molecule is FC(F)(F)Cn1cc(-c2cc3c(cn2)cnn3-c2ccccn2)cn1. The van der Waals surface area contributed by atoms with Crippen molar-refractivity contribution in [1.29, 1.82) is 0 Å². The highest BCUT2D eigenvalue weighted by molar-refractivity contribution is 5.82. The fourth-order valence-electron chi connectivity index (χ4n) is 2.51. The molecule has 0 atom stereocenters. The monoisotopic (exact) mass is 344 g/mol. The largest absolute Gasteiger partial charge is 0.408 e. The van der Waals surface area contributed by atoms with Gasteiger partial charge in [-0.3, -0.25) is 9.67 Å². The summed E-state index contributed by atoms with van der Waals surface area (Å²) in [6.07, 6.45) is 3.31. The molecular weight excluding hydrogens is 333 g/mol. The van der Waals surface area contributed by atoms with Crippen molar-refractivity contribution in [3.8, 4) is 17.1 Å². The number of aromatic nitrogens is 6. The standard InChI is InChI=1S/C16H11F3N6/c17-16(18,19)10-24-9-12(8-22-24)13-5-14-11(6-21-13)7-23-25(14)15-3-1-2-4-20-15/h1-9H,10H2. The van der Waals surface area contributed by atoms with Gasteiger partial charge >= 0.3 is 6.18 Å². The Bertz CT molecular complexity index is 1020. The van der Waals surface area contributed by atoms with Crippen LogP contribution in [0.3, 0.4) is 0 Å². The molecule has 0 bridgehead atoms. The first-order valence-corrected chi connectivity index (χ1v) is 7.34. The average Bonchev–Trinajstić information content (AvgIpc) is 3.20. The van der Waals surface area contributed by atoms with E-state index >= 15 is 0 Å². The summed E-state index contributed by atoms with van der Waals surface area (Å²) in [5.74, 6) is 0.641. The first kappa shape index (κ1) is 15.3. The molecule has 4 heterocycles. The number of fused-ring (bicyclic) bond motifs is 1. The summed E-state index contributed by atoms with van der Waals surface area (Å²) < 4.78 is 39.9. The van der Waals surface area contributed by atoms with Crippen molar-refractivity contribution in [2.45, 2.75) is 12.7 Å². The van der Waals surface area contributed by atoms with E-state index in [1.54, 1.807) is 35.4 Å². The molecule has 0 aromatic carbocycles. The highest BCUT2D eigenvalue weighted by atomic mass is 19.4. The Labute approximate surface area is 139 Å². The molecule has 9 heteroatoms. The van der Waals surface area contributed by atoms with Crippen LogP contribution >= 0.6 is 0 Å². The molecule has 0 radical (unpaired) electrons. The molecule has 0 fully saturated rings. The van der Waals surface area contributed by atoms with Crippen LogP contribution in [0.1, 0.15) is 0 Å². The van der Waals surface area contributed by atoms with E-state index in [-0.39, 0.29) is 0 Å². The lowest BCUT2D eigenvalue weighted by molar-refractivity contribution is -0.142. The van der Waals surface area contributed by atoms with Crippen molar-refractivity contribution in [3.63, 3.8) is 0 Å². The molecule has 4 aromatic rings.